The van der Waals surface area contributed by atoms with Crippen LogP contribution in [0, 0.1) is 0 Å². The molecule has 1 saturated heterocycles. The zero-order valence-electron chi connectivity index (χ0n) is 14.2. The van der Waals surface area contributed by atoms with E-state index in [0.29, 0.717) is 16.8 Å². The van der Waals surface area contributed by atoms with Crippen molar-refractivity contribution in [2.24, 2.45) is 0 Å². The monoisotopic (exact) mass is 320 g/mol. The third-order valence-corrected chi connectivity index (χ3v) is 4.98. The molecule has 1 N–H and O–H groups in total. The van der Waals surface area contributed by atoms with Gasteiger partial charge in [-0.15, -0.1) is 0 Å². The zero-order valence-corrected chi connectivity index (χ0v) is 14.2. The summed E-state index contributed by atoms with van der Waals surface area (Å²) in [4.78, 5) is 14.9. The molecule has 0 saturated carbocycles. The topological polar surface area (TPSA) is 41.6 Å². The summed E-state index contributed by atoms with van der Waals surface area (Å²) in [5.74, 6) is 0.527. The van der Waals surface area contributed by atoms with Gasteiger partial charge in [0.2, 0.25) is 0 Å². The number of nitrogens with one attached hydrogen (secondary N) is 1. The molecule has 2 radical (unpaired) electrons. The van der Waals surface area contributed by atoms with E-state index in [1.54, 1.807) is 6.07 Å². The van der Waals surface area contributed by atoms with Crippen molar-refractivity contribution in [3.05, 3.63) is 41.3 Å². The number of likely N-dealkylation sites (tertiary alicyclic amines) is 1. The highest BCUT2D eigenvalue weighted by atomic mass is 16.5. The van der Waals surface area contributed by atoms with Crippen molar-refractivity contribution in [2.75, 3.05) is 18.4 Å². The summed E-state index contributed by atoms with van der Waals surface area (Å²) in [5.41, 5.74) is 3.60. The van der Waals surface area contributed by atoms with E-state index >= 15 is 0 Å². The normalized spacial score (nSPS) is 25.2. The molecule has 3 aliphatic heterocycles. The van der Waals surface area contributed by atoms with E-state index in [2.05, 4.69) is 24.1 Å². The maximum absolute atomic E-state index is 12.5. The summed E-state index contributed by atoms with van der Waals surface area (Å²) < 4.78 is 6.21. The molecule has 5 heteroatoms. The second-order valence-electron chi connectivity index (χ2n) is 7.19. The van der Waals surface area contributed by atoms with E-state index in [4.69, 9.17) is 12.6 Å². The largest absolute Gasteiger partial charge is 0.481 e. The number of ether oxygens (including phenoxy) is 1. The van der Waals surface area contributed by atoms with E-state index in [-0.39, 0.29) is 5.91 Å². The fourth-order valence-corrected chi connectivity index (χ4v) is 3.82. The van der Waals surface area contributed by atoms with Gasteiger partial charge in [-0.25, -0.2) is 0 Å². The Kier molecular flexibility index (Phi) is 3.48. The van der Waals surface area contributed by atoms with E-state index in [1.807, 2.05) is 18.2 Å². The van der Waals surface area contributed by atoms with Gasteiger partial charge in [-0.05, 0) is 39.2 Å². The number of benzene rings is 1. The molecule has 0 unspecified atom stereocenters. The average molecular weight is 320 g/mol. The van der Waals surface area contributed by atoms with Gasteiger partial charge in [-0.3, -0.25) is 4.79 Å². The molecule has 4 nitrogen and oxygen atoms in total. The molecule has 1 amide bonds. The van der Waals surface area contributed by atoms with Gasteiger partial charge >= 0.3 is 0 Å². The maximum atomic E-state index is 12.5. The van der Waals surface area contributed by atoms with Crippen LogP contribution < -0.4 is 10.8 Å². The van der Waals surface area contributed by atoms with Crippen molar-refractivity contribution in [3.63, 3.8) is 0 Å². The number of carbonyl (C=O) groups excluding carboxylic acids is 1. The van der Waals surface area contributed by atoms with Gasteiger partial charge in [-0.2, -0.15) is 0 Å². The molecule has 1 aromatic carbocycles. The number of allylic oxidation sites excluding steroid dienone is 1. The SMILES string of the molecule is [B]c1ccc2c(c1)NC(=O)/C2=C1\C=C(N2CCCCC2)C(C)(C)O1. The van der Waals surface area contributed by atoms with Crippen LogP contribution in [0.25, 0.3) is 5.57 Å². The standard InChI is InChI=1S/C19H21BN2O2/c1-19(2)16(22-8-4-3-5-9-22)11-15(24-19)17-13-7-6-12(20)10-14(13)21-18(17)23/h6-7,10-11H,3-5,8-9H2,1-2H3,(H,21,23)/b17-15+. The van der Waals surface area contributed by atoms with Crippen molar-refractivity contribution in [1.29, 1.82) is 0 Å². The Morgan fingerprint density at radius 3 is 2.71 bits per heavy atom. The molecule has 3 heterocycles. The summed E-state index contributed by atoms with van der Waals surface area (Å²) in [6, 6.07) is 5.49. The molecule has 0 aliphatic carbocycles. The molecule has 4 rings (SSSR count). The lowest BCUT2D eigenvalue weighted by Crippen LogP contribution is -2.37. The molecular weight excluding hydrogens is 299 g/mol. The summed E-state index contributed by atoms with van der Waals surface area (Å²) in [6.45, 7) is 6.25. The molecule has 0 aromatic heterocycles. The van der Waals surface area contributed by atoms with Crippen LogP contribution in [0.5, 0.6) is 0 Å². The number of carbonyl (C=O) groups is 1. The van der Waals surface area contributed by atoms with Crippen molar-refractivity contribution in [3.8, 4) is 0 Å². The summed E-state index contributed by atoms with van der Waals surface area (Å²) in [7, 11) is 5.82. The number of anilines is 1. The Bertz CT molecular complexity index is 774. The van der Waals surface area contributed by atoms with Crippen molar-refractivity contribution in [2.45, 2.75) is 38.7 Å². The summed E-state index contributed by atoms with van der Waals surface area (Å²) in [6.07, 6.45) is 5.76. The molecule has 1 aromatic rings. The lowest BCUT2D eigenvalue weighted by Gasteiger charge is -2.35. The first kappa shape index (κ1) is 15.4. The third-order valence-electron chi connectivity index (χ3n) is 4.98. The highest BCUT2D eigenvalue weighted by Crippen LogP contribution is 2.42. The number of fused-ring (bicyclic) bond motifs is 1. The van der Waals surface area contributed by atoms with E-state index < -0.39 is 5.60 Å². The molecule has 122 valence electrons. The van der Waals surface area contributed by atoms with Crippen LogP contribution in [0.1, 0.15) is 38.7 Å². The lowest BCUT2D eigenvalue weighted by molar-refractivity contribution is -0.111. The second-order valence-corrected chi connectivity index (χ2v) is 7.19. The third kappa shape index (κ3) is 2.43. The summed E-state index contributed by atoms with van der Waals surface area (Å²) in [5, 5.41) is 2.89. The molecule has 0 bridgehead atoms. The quantitative estimate of drug-likeness (QED) is 0.638. The molecule has 24 heavy (non-hydrogen) atoms. The van der Waals surface area contributed by atoms with Crippen LogP contribution >= 0.6 is 0 Å². The molecule has 0 atom stereocenters. The Morgan fingerprint density at radius 2 is 1.96 bits per heavy atom. The van der Waals surface area contributed by atoms with Gasteiger partial charge in [0, 0.05) is 30.4 Å². The number of piperidine rings is 1. The van der Waals surface area contributed by atoms with Crippen LogP contribution in [0.2, 0.25) is 0 Å². The van der Waals surface area contributed by atoms with Crippen LogP contribution in [-0.4, -0.2) is 37.3 Å². The minimum Gasteiger partial charge on any atom is -0.481 e. The second kappa shape index (κ2) is 5.44. The minimum absolute atomic E-state index is 0.127. The van der Waals surface area contributed by atoms with Gasteiger partial charge in [0.25, 0.3) is 5.91 Å². The van der Waals surface area contributed by atoms with Gasteiger partial charge in [-0.1, -0.05) is 17.6 Å². The van der Waals surface area contributed by atoms with Gasteiger partial charge < -0.3 is 15.0 Å². The Labute approximate surface area is 144 Å². The predicted octanol–water partition coefficient (Wildman–Crippen LogP) is 2.32. The molecule has 3 aliphatic rings. The molecule has 1 fully saturated rings. The predicted molar refractivity (Wildman–Crippen MR) is 96.1 cm³/mol. The number of nitrogens with zero attached hydrogens (tertiary/aromatic N) is 1. The zero-order chi connectivity index (χ0) is 16.9. The highest BCUT2D eigenvalue weighted by molar-refractivity contribution is 6.36. The highest BCUT2D eigenvalue weighted by Gasteiger charge is 2.39. The first-order valence-corrected chi connectivity index (χ1v) is 8.57. The lowest BCUT2D eigenvalue weighted by atomic mass is 9.93. The number of rotatable bonds is 1. The van der Waals surface area contributed by atoms with E-state index in [1.165, 1.54) is 25.0 Å². The van der Waals surface area contributed by atoms with Crippen molar-refractivity contribution in [1.82, 2.24) is 4.90 Å². The Morgan fingerprint density at radius 1 is 1.21 bits per heavy atom. The minimum atomic E-state index is -0.420. The van der Waals surface area contributed by atoms with Crippen LogP contribution in [0.15, 0.2) is 35.7 Å². The number of hydrogen-bond donors (Lipinski definition) is 1. The van der Waals surface area contributed by atoms with E-state index in [9.17, 15) is 4.79 Å². The van der Waals surface area contributed by atoms with Gasteiger partial charge in [0.05, 0.1) is 11.3 Å². The van der Waals surface area contributed by atoms with Crippen LogP contribution in [0.3, 0.4) is 0 Å². The van der Waals surface area contributed by atoms with Crippen LogP contribution in [0.4, 0.5) is 5.69 Å². The number of amides is 1. The Hall–Kier alpha value is -2.17. The maximum Gasteiger partial charge on any atom is 0.260 e. The van der Waals surface area contributed by atoms with E-state index in [0.717, 1.165) is 24.3 Å². The number of hydrogen-bond acceptors (Lipinski definition) is 3. The van der Waals surface area contributed by atoms with Crippen molar-refractivity contribution < 1.29 is 9.53 Å². The average Bonchev–Trinajstić information content (AvgIpc) is 3.02. The molecular formula is C19H21BN2O2. The van der Waals surface area contributed by atoms with Crippen LogP contribution in [-0.2, 0) is 9.53 Å². The first-order chi connectivity index (χ1) is 11.5. The first-order valence-electron chi connectivity index (χ1n) is 8.57. The van der Waals surface area contributed by atoms with Gasteiger partial charge in [0.1, 0.15) is 19.2 Å². The molecule has 0 spiro atoms. The smallest absolute Gasteiger partial charge is 0.260 e. The fraction of sp³-hybridized carbons (Fsp3) is 0.421. The van der Waals surface area contributed by atoms with Crippen molar-refractivity contribution >= 4 is 30.5 Å². The summed E-state index contributed by atoms with van der Waals surface area (Å²) >= 11 is 0. The van der Waals surface area contributed by atoms with Gasteiger partial charge in [0.15, 0.2) is 0 Å². The fourth-order valence-electron chi connectivity index (χ4n) is 3.82. The Balaban J connectivity index is 1.78.